The van der Waals surface area contributed by atoms with Crippen molar-refractivity contribution < 1.29 is 9.21 Å². The molecule has 0 spiro atoms. The van der Waals surface area contributed by atoms with E-state index < -0.39 is 0 Å². The maximum atomic E-state index is 12.1. The fourth-order valence-electron chi connectivity index (χ4n) is 3.09. The highest BCUT2D eigenvalue weighted by Gasteiger charge is 2.21. The van der Waals surface area contributed by atoms with E-state index in [0.29, 0.717) is 37.2 Å². The van der Waals surface area contributed by atoms with Crippen LogP contribution in [0.25, 0.3) is 0 Å². The van der Waals surface area contributed by atoms with Crippen molar-refractivity contribution in [1.82, 2.24) is 20.4 Å². The molecule has 6 heteroatoms. The molecule has 1 aromatic heterocycles. The molecule has 0 radical (unpaired) electrons. The predicted molar refractivity (Wildman–Crippen MR) is 90.4 cm³/mol. The lowest BCUT2D eigenvalue weighted by Crippen LogP contribution is -2.41. The third-order valence-corrected chi connectivity index (χ3v) is 4.47. The van der Waals surface area contributed by atoms with E-state index in [0.717, 1.165) is 25.9 Å². The lowest BCUT2D eigenvalue weighted by Gasteiger charge is -2.31. The Hall–Kier alpha value is -2.21. The number of carbonyl (C=O) groups is 1. The average Bonchev–Trinajstić information content (AvgIpc) is 3.10. The summed E-state index contributed by atoms with van der Waals surface area (Å²) in [6.07, 6.45) is 2.90. The molecule has 1 aromatic carbocycles. The monoisotopic (exact) mass is 328 g/mol. The van der Waals surface area contributed by atoms with Gasteiger partial charge in [0.25, 0.3) is 0 Å². The van der Waals surface area contributed by atoms with E-state index in [1.165, 1.54) is 5.56 Å². The fraction of sp³-hybridized carbons (Fsp3) is 0.500. The number of likely N-dealkylation sites (tertiary alicyclic amines) is 1. The van der Waals surface area contributed by atoms with Crippen LogP contribution in [0.1, 0.15) is 43.0 Å². The molecule has 0 bridgehead atoms. The molecule has 2 aromatic rings. The first-order valence-corrected chi connectivity index (χ1v) is 8.60. The lowest BCUT2D eigenvalue weighted by atomic mass is 9.89. The predicted octanol–water partition coefficient (Wildman–Crippen LogP) is 2.13. The highest BCUT2D eigenvalue weighted by atomic mass is 16.4. The van der Waals surface area contributed by atoms with Crippen LogP contribution in [0.3, 0.4) is 0 Å². The Morgan fingerprint density at radius 1 is 1.21 bits per heavy atom. The molecule has 2 heterocycles. The number of aryl methyl sites for hydroxylation is 1. The van der Waals surface area contributed by atoms with Crippen LogP contribution in [0.15, 0.2) is 34.7 Å². The van der Waals surface area contributed by atoms with Crippen LogP contribution >= 0.6 is 0 Å². The van der Waals surface area contributed by atoms with Gasteiger partial charge in [-0.3, -0.25) is 9.69 Å². The van der Waals surface area contributed by atoms with Crippen LogP contribution in [-0.2, 0) is 17.8 Å². The van der Waals surface area contributed by atoms with Crippen molar-refractivity contribution in [3.05, 3.63) is 47.7 Å². The normalized spacial score (nSPS) is 16.2. The van der Waals surface area contributed by atoms with Crippen molar-refractivity contribution in [2.24, 2.45) is 0 Å². The minimum atomic E-state index is 0.00408. The van der Waals surface area contributed by atoms with Crippen LogP contribution in [0, 0.1) is 0 Å². The first kappa shape index (κ1) is 16.6. The number of hydrogen-bond acceptors (Lipinski definition) is 5. The number of amides is 1. The molecule has 0 aliphatic carbocycles. The Labute approximate surface area is 142 Å². The van der Waals surface area contributed by atoms with Gasteiger partial charge in [0, 0.05) is 6.42 Å². The van der Waals surface area contributed by atoms with Gasteiger partial charge in [0.15, 0.2) is 0 Å². The van der Waals surface area contributed by atoms with Gasteiger partial charge in [-0.2, -0.15) is 0 Å². The Bertz CT molecular complexity index is 648. The highest BCUT2D eigenvalue weighted by Crippen LogP contribution is 2.27. The summed E-state index contributed by atoms with van der Waals surface area (Å²) >= 11 is 0. The van der Waals surface area contributed by atoms with E-state index in [-0.39, 0.29) is 5.91 Å². The molecule has 6 nitrogen and oxygen atoms in total. The first-order chi connectivity index (χ1) is 11.7. The number of piperidine rings is 1. The lowest BCUT2D eigenvalue weighted by molar-refractivity contribution is -0.122. The molecule has 1 aliphatic heterocycles. The minimum Gasteiger partial charge on any atom is -0.423 e. The van der Waals surface area contributed by atoms with Gasteiger partial charge in [-0.25, -0.2) is 0 Å². The van der Waals surface area contributed by atoms with Gasteiger partial charge in [-0.1, -0.05) is 37.3 Å². The van der Waals surface area contributed by atoms with Gasteiger partial charge in [0.05, 0.1) is 13.1 Å². The summed E-state index contributed by atoms with van der Waals surface area (Å²) in [4.78, 5) is 14.3. The van der Waals surface area contributed by atoms with E-state index in [1.807, 2.05) is 6.92 Å². The summed E-state index contributed by atoms with van der Waals surface area (Å²) in [5, 5.41) is 10.6. The number of carbonyl (C=O) groups excluding carboxylic acids is 1. The molecular weight excluding hydrogens is 304 g/mol. The Kier molecular flexibility index (Phi) is 5.59. The van der Waals surface area contributed by atoms with E-state index in [2.05, 4.69) is 50.7 Å². The quantitative estimate of drug-likeness (QED) is 0.879. The molecular formula is C18H24N4O2. The van der Waals surface area contributed by atoms with E-state index in [1.54, 1.807) is 0 Å². The van der Waals surface area contributed by atoms with Crippen LogP contribution < -0.4 is 5.32 Å². The van der Waals surface area contributed by atoms with Gasteiger partial charge in [-0.15, -0.1) is 10.2 Å². The van der Waals surface area contributed by atoms with E-state index >= 15 is 0 Å². The zero-order chi connectivity index (χ0) is 16.8. The molecule has 0 saturated carbocycles. The molecule has 0 unspecified atom stereocenters. The number of nitrogens with one attached hydrogen (secondary N) is 1. The third kappa shape index (κ3) is 4.41. The fourth-order valence-corrected chi connectivity index (χ4v) is 3.09. The topological polar surface area (TPSA) is 71.3 Å². The molecule has 0 atom stereocenters. The summed E-state index contributed by atoms with van der Waals surface area (Å²) < 4.78 is 5.39. The maximum Gasteiger partial charge on any atom is 0.235 e. The maximum absolute atomic E-state index is 12.1. The molecule has 1 amide bonds. The molecule has 3 rings (SSSR count). The number of hydrogen-bond donors (Lipinski definition) is 1. The Balaban J connectivity index is 1.40. The number of rotatable bonds is 6. The second-order valence-electron chi connectivity index (χ2n) is 6.18. The Morgan fingerprint density at radius 2 is 1.92 bits per heavy atom. The summed E-state index contributed by atoms with van der Waals surface area (Å²) in [5.41, 5.74) is 1.41. The largest absolute Gasteiger partial charge is 0.423 e. The second kappa shape index (κ2) is 8.06. The number of benzene rings is 1. The standard InChI is InChI=1S/C18H24N4O2/c1-2-17-20-21-18(24-17)12-19-16(23)13-22-10-8-15(9-11-22)14-6-4-3-5-7-14/h3-7,15H,2,8-13H2,1H3,(H,19,23). The van der Waals surface area contributed by atoms with Crippen molar-refractivity contribution in [2.75, 3.05) is 19.6 Å². The van der Waals surface area contributed by atoms with Gasteiger partial charge in [0.2, 0.25) is 17.7 Å². The average molecular weight is 328 g/mol. The van der Waals surface area contributed by atoms with E-state index in [4.69, 9.17) is 4.42 Å². The molecule has 128 valence electrons. The summed E-state index contributed by atoms with van der Waals surface area (Å²) in [6.45, 7) is 4.58. The van der Waals surface area contributed by atoms with Gasteiger partial charge >= 0.3 is 0 Å². The van der Waals surface area contributed by atoms with Crippen LogP contribution in [-0.4, -0.2) is 40.6 Å². The number of nitrogens with zero attached hydrogens (tertiary/aromatic N) is 3. The zero-order valence-electron chi connectivity index (χ0n) is 14.1. The summed E-state index contributed by atoms with van der Waals surface area (Å²) in [6, 6.07) is 10.6. The van der Waals surface area contributed by atoms with Crippen molar-refractivity contribution in [1.29, 1.82) is 0 Å². The second-order valence-corrected chi connectivity index (χ2v) is 6.18. The third-order valence-electron chi connectivity index (χ3n) is 4.47. The molecule has 1 N–H and O–H groups in total. The Morgan fingerprint density at radius 3 is 2.58 bits per heavy atom. The van der Waals surface area contributed by atoms with Gasteiger partial charge in [-0.05, 0) is 37.4 Å². The van der Waals surface area contributed by atoms with Crippen LogP contribution in [0.4, 0.5) is 0 Å². The van der Waals surface area contributed by atoms with Crippen molar-refractivity contribution in [3.63, 3.8) is 0 Å². The summed E-state index contributed by atoms with van der Waals surface area (Å²) in [5.74, 6) is 1.67. The summed E-state index contributed by atoms with van der Waals surface area (Å²) in [7, 11) is 0. The number of aromatic nitrogens is 2. The molecule has 1 saturated heterocycles. The smallest absolute Gasteiger partial charge is 0.235 e. The highest BCUT2D eigenvalue weighted by molar-refractivity contribution is 5.77. The molecule has 24 heavy (non-hydrogen) atoms. The molecule has 1 fully saturated rings. The van der Waals surface area contributed by atoms with Gasteiger partial charge < -0.3 is 9.73 Å². The molecule has 1 aliphatic rings. The first-order valence-electron chi connectivity index (χ1n) is 8.60. The van der Waals surface area contributed by atoms with Crippen LogP contribution in [0.5, 0.6) is 0 Å². The van der Waals surface area contributed by atoms with Crippen molar-refractivity contribution in [2.45, 2.75) is 38.6 Å². The minimum absolute atomic E-state index is 0.00408. The van der Waals surface area contributed by atoms with Gasteiger partial charge in [0.1, 0.15) is 0 Å². The zero-order valence-corrected chi connectivity index (χ0v) is 14.1. The SMILES string of the molecule is CCc1nnc(CNC(=O)CN2CCC(c3ccccc3)CC2)o1. The van der Waals surface area contributed by atoms with E-state index in [9.17, 15) is 4.79 Å². The van der Waals surface area contributed by atoms with Crippen molar-refractivity contribution in [3.8, 4) is 0 Å². The van der Waals surface area contributed by atoms with Crippen molar-refractivity contribution >= 4 is 5.91 Å². The van der Waals surface area contributed by atoms with Crippen LogP contribution in [0.2, 0.25) is 0 Å².